The van der Waals surface area contributed by atoms with E-state index in [2.05, 4.69) is 10.6 Å². The van der Waals surface area contributed by atoms with Crippen LogP contribution in [-0.2, 0) is 0 Å². The molecule has 0 aliphatic heterocycles. The van der Waals surface area contributed by atoms with Crippen LogP contribution in [0.2, 0.25) is 0 Å². The van der Waals surface area contributed by atoms with Crippen molar-refractivity contribution in [1.29, 1.82) is 0 Å². The molecule has 7 heteroatoms. The fourth-order valence-electron chi connectivity index (χ4n) is 1.58. The number of aliphatic hydroxyl groups is 2. The molecule has 108 valence electrons. The van der Waals surface area contributed by atoms with Crippen molar-refractivity contribution in [3.8, 4) is 0 Å². The average molecular weight is 270 g/mol. The summed E-state index contributed by atoms with van der Waals surface area (Å²) >= 11 is 0. The Morgan fingerprint density at radius 2 is 1.94 bits per heavy atom. The van der Waals surface area contributed by atoms with Crippen molar-refractivity contribution in [2.75, 3.05) is 13.6 Å². The van der Waals surface area contributed by atoms with Gasteiger partial charge in [0.05, 0.1) is 0 Å². The number of hydrogen-bond donors (Lipinski definition) is 4. The van der Waals surface area contributed by atoms with Gasteiger partial charge in [-0.05, 0) is 13.3 Å². The topological polar surface area (TPSA) is 64.5 Å². The lowest BCUT2D eigenvalue weighted by Crippen LogP contribution is -2.57. The molecular formula is C11H21F3N2O2. The van der Waals surface area contributed by atoms with Crippen LogP contribution < -0.4 is 10.6 Å². The van der Waals surface area contributed by atoms with Gasteiger partial charge in [0.25, 0.3) is 0 Å². The third kappa shape index (κ3) is 4.15. The van der Waals surface area contributed by atoms with Crippen molar-refractivity contribution < 1.29 is 23.4 Å². The predicted octanol–water partition coefficient (Wildman–Crippen LogP) is 1.11. The highest BCUT2D eigenvalue weighted by Crippen LogP contribution is 2.34. The maximum atomic E-state index is 12.9. The van der Waals surface area contributed by atoms with Gasteiger partial charge >= 0.3 is 6.18 Å². The Morgan fingerprint density at radius 3 is 2.28 bits per heavy atom. The minimum atomic E-state index is -4.84. The second-order valence-corrected chi connectivity index (χ2v) is 4.00. The van der Waals surface area contributed by atoms with Crippen LogP contribution in [-0.4, -0.2) is 41.8 Å². The minimum absolute atomic E-state index is 0.318. The molecule has 4 N–H and O–H groups in total. The van der Waals surface area contributed by atoms with Gasteiger partial charge in [0.2, 0.25) is 5.60 Å². The molecular weight excluding hydrogens is 249 g/mol. The summed E-state index contributed by atoms with van der Waals surface area (Å²) < 4.78 is 38.7. The zero-order valence-corrected chi connectivity index (χ0v) is 10.8. The van der Waals surface area contributed by atoms with Crippen LogP contribution in [0.5, 0.6) is 0 Å². The van der Waals surface area contributed by atoms with Gasteiger partial charge in [-0.2, -0.15) is 13.2 Å². The van der Waals surface area contributed by atoms with Crippen molar-refractivity contribution in [2.24, 2.45) is 0 Å². The molecule has 0 fully saturated rings. The number of rotatable bonds is 7. The summed E-state index contributed by atoms with van der Waals surface area (Å²) in [5.41, 5.74) is -3.39. The molecule has 0 heterocycles. The van der Waals surface area contributed by atoms with Gasteiger partial charge in [-0.15, -0.1) is 0 Å². The van der Waals surface area contributed by atoms with Gasteiger partial charge in [-0.25, -0.2) is 0 Å². The molecule has 18 heavy (non-hydrogen) atoms. The van der Waals surface area contributed by atoms with E-state index in [1.807, 2.05) is 0 Å². The normalized spacial score (nSPS) is 18.3. The Balaban J connectivity index is 4.92. The second kappa shape index (κ2) is 6.96. The Labute approximate surface area is 105 Å². The fourth-order valence-corrected chi connectivity index (χ4v) is 1.58. The fraction of sp³-hybridized carbons (Fsp3) is 0.818. The molecule has 4 nitrogen and oxygen atoms in total. The minimum Gasteiger partial charge on any atom is -0.389 e. The van der Waals surface area contributed by atoms with Gasteiger partial charge < -0.3 is 15.5 Å². The zero-order chi connectivity index (χ0) is 14.4. The molecule has 2 atom stereocenters. The smallest absolute Gasteiger partial charge is 0.389 e. The number of hydrogen-bond acceptors (Lipinski definition) is 4. The molecule has 0 aliphatic carbocycles. The summed E-state index contributed by atoms with van der Waals surface area (Å²) in [4.78, 5) is 0. The Bertz CT molecular complexity index is 282. The summed E-state index contributed by atoms with van der Waals surface area (Å²) in [5.74, 6) is 0. The van der Waals surface area contributed by atoms with E-state index in [0.29, 0.717) is 12.8 Å². The van der Waals surface area contributed by atoms with Gasteiger partial charge in [0.15, 0.2) is 0 Å². The predicted molar refractivity (Wildman–Crippen MR) is 62.7 cm³/mol. The van der Waals surface area contributed by atoms with Crippen LogP contribution in [0.3, 0.4) is 0 Å². The van der Waals surface area contributed by atoms with Gasteiger partial charge in [0.1, 0.15) is 6.23 Å². The maximum absolute atomic E-state index is 12.9. The van der Waals surface area contributed by atoms with Gasteiger partial charge in [-0.3, -0.25) is 5.32 Å². The lowest BCUT2D eigenvalue weighted by atomic mass is 9.98. The standard InChI is InChI=1S/C11H21F3N2O2/c1-4-6-9(17)16-7-10(18,11(12,13)14)8(5-2)15-3/h5,9,15-18H,4,6-7H2,1-3H3/b8-5-. The van der Waals surface area contributed by atoms with Crippen molar-refractivity contribution in [1.82, 2.24) is 10.6 Å². The van der Waals surface area contributed by atoms with E-state index in [9.17, 15) is 23.4 Å². The summed E-state index contributed by atoms with van der Waals surface area (Å²) in [7, 11) is 1.30. The molecule has 0 saturated carbocycles. The molecule has 0 rings (SSSR count). The third-order valence-electron chi connectivity index (χ3n) is 2.63. The Kier molecular flexibility index (Phi) is 6.66. The highest BCUT2D eigenvalue weighted by molar-refractivity contribution is 5.18. The number of likely N-dealkylation sites (N-methyl/N-ethyl adjacent to an activating group) is 1. The van der Waals surface area contributed by atoms with Crippen LogP contribution in [0.4, 0.5) is 13.2 Å². The molecule has 0 amide bonds. The first kappa shape index (κ1) is 17.2. The first-order chi connectivity index (χ1) is 8.22. The number of allylic oxidation sites excluding steroid dienone is 1. The molecule has 2 unspecified atom stereocenters. The van der Waals surface area contributed by atoms with Crippen LogP contribution in [0.25, 0.3) is 0 Å². The van der Waals surface area contributed by atoms with Crippen molar-refractivity contribution in [3.63, 3.8) is 0 Å². The lowest BCUT2D eigenvalue weighted by molar-refractivity contribution is -0.245. The summed E-state index contributed by atoms with van der Waals surface area (Å²) in [6, 6.07) is 0. The zero-order valence-electron chi connectivity index (χ0n) is 10.8. The molecule has 0 aromatic carbocycles. The van der Waals surface area contributed by atoms with Crippen LogP contribution >= 0.6 is 0 Å². The largest absolute Gasteiger partial charge is 0.424 e. The molecule has 0 aromatic rings. The monoisotopic (exact) mass is 270 g/mol. The maximum Gasteiger partial charge on any atom is 0.424 e. The average Bonchev–Trinajstić information content (AvgIpc) is 2.27. The summed E-state index contributed by atoms with van der Waals surface area (Å²) in [5, 5.41) is 23.8. The van der Waals surface area contributed by atoms with E-state index in [4.69, 9.17) is 0 Å². The van der Waals surface area contributed by atoms with E-state index < -0.39 is 24.6 Å². The number of halogens is 3. The second-order valence-electron chi connectivity index (χ2n) is 4.00. The van der Waals surface area contributed by atoms with E-state index in [1.165, 1.54) is 14.0 Å². The quantitative estimate of drug-likeness (QED) is 0.523. The number of aliphatic hydroxyl groups excluding tert-OH is 1. The molecule has 0 aromatic heterocycles. The van der Waals surface area contributed by atoms with E-state index in [1.54, 1.807) is 6.92 Å². The van der Waals surface area contributed by atoms with Crippen LogP contribution in [0.15, 0.2) is 11.8 Å². The highest BCUT2D eigenvalue weighted by atomic mass is 19.4. The molecule has 0 radical (unpaired) electrons. The third-order valence-corrected chi connectivity index (χ3v) is 2.63. The summed E-state index contributed by atoms with van der Waals surface area (Å²) in [6.45, 7) is 2.38. The van der Waals surface area contributed by atoms with Crippen molar-refractivity contribution in [2.45, 2.75) is 44.7 Å². The molecule has 0 saturated heterocycles. The highest BCUT2D eigenvalue weighted by Gasteiger charge is 2.56. The van der Waals surface area contributed by atoms with Crippen molar-refractivity contribution >= 4 is 0 Å². The number of alkyl halides is 3. The molecule has 0 bridgehead atoms. The summed E-state index contributed by atoms with van der Waals surface area (Å²) in [6.07, 6.45) is -3.81. The van der Waals surface area contributed by atoms with Crippen LogP contribution in [0, 0.1) is 0 Å². The Morgan fingerprint density at radius 1 is 1.39 bits per heavy atom. The van der Waals surface area contributed by atoms with E-state index in [0.717, 1.165) is 6.08 Å². The van der Waals surface area contributed by atoms with E-state index >= 15 is 0 Å². The van der Waals surface area contributed by atoms with Gasteiger partial charge in [0, 0.05) is 19.3 Å². The first-order valence-electron chi connectivity index (χ1n) is 5.78. The SMILES string of the molecule is C/C=C(\NC)C(O)(CNC(O)CCC)C(F)(F)F. The van der Waals surface area contributed by atoms with Crippen LogP contribution in [0.1, 0.15) is 26.7 Å². The Hall–Kier alpha value is -0.790. The van der Waals surface area contributed by atoms with E-state index in [-0.39, 0.29) is 5.70 Å². The molecule has 0 aliphatic rings. The number of nitrogens with one attached hydrogen (secondary N) is 2. The first-order valence-corrected chi connectivity index (χ1v) is 5.78. The molecule has 0 spiro atoms. The van der Waals surface area contributed by atoms with Crippen molar-refractivity contribution in [3.05, 3.63) is 11.8 Å². The van der Waals surface area contributed by atoms with Gasteiger partial charge in [-0.1, -0.05) is 19.4 Å². The lowest BCUT2D eigenvalue weighted by Gasteiger charge is -2.33.